The van der Waals surface area contributed by atoms with E-state index in [1.807, 2.05) is 26.0 Å². The Kier molecular flexibility index (Phi) is 4.78. The van der Waals surface area contributed by atoms with Gasteiger partial charge in [-0.25, -0.2) is 4.39 Å². The molecule has 2 rings (SSSR count). The number of aliphatic hydroxyl groups is 1. The highest BCUT2D eigenvalue weighted by Gasteiger charge is 2.09. The maximum atomic E-state index is 13.7. The third-order valence-corrected chi connectivity index (χ3v) is 3.58. The fourth-order valence-corrected chi connectivity index (χ4v) is 2.48. The second-order valence-electron chi connectivity index (χ2n) is 4.74. The van der Waals surface area contributed by atoms with E-state index in [1.165, 1.54) is 6.07 Å². The summed E-state index contributed by atoms with van der Waals surface area (Å²) in [5, 5.41) is 9.15. The molecule has 0 saturated carbocycles. The molecule has 106 valence electrons. The lowest BCUT2D eigenvalue weighted by atomic mass is 10.1. The highest BCUT2D eigenvalue weighted by atomic mass is 79.9. The molecular weight excluding hydrogens is 323 g/mol. The number of aliphatic hydroxyl groups excluding tert-OH is 1. The number of ether oxygens (including phenoxy) is 1. The minimum atomic E-state index is -0.290. The van der Waals surface area contributed by atoms with Gasteiger partial charge in [0.15, 0.2) is 0 Å². The Morgan fingerprint density at radius 3 is 2.35 bits per heavy atom. The third kappa shape index (κ3) is 3.38. The quantitative estimate of drug-likeness (QED) is 0.901. The fraction of sp³-hybridized carbons (Fsp3) is 0.250. The van der Waals surface area contributed by atoms with Gasteiger partial charge in [0.25, 0.3) is 0 Å². The summed E-state index contributed by atoms with van der Waals surface area (Å²) in [6, 6.07) is 8.66. The van der Waals surface area contributed by atoms with E-state index >= 15 is 0 Å². The van der Waals surface area contributed by atoms with Crippen LogP contribution >= 0.6 is 15.9 Å². The van der Waals surface area contributed by atoms with Crippen molar-refractivity contribution in [2.45, 2.75) is 27.1 Å². The first-order valence-corrected chi connectivity index (χ1v) is 7.08. The largest absolute Gasteiger partial charge is 0.488 e. The van der Waals surface area contributed by atoms with Gasteiger partial charge in [-0.1, -0.05) is 34.1 Å². The smallest absolute Gasteiger partial charge is 0.130 e. The van der Waals surface area contributed by atoms with E-state index in [1.54, 1.807) is 12.1 Å². The summed E-state index contributed by atoms with van der Waals surface area (Å²) < 4.78 is 20.2. The molecule has 0 aliphatic carbocycles. The number of benzene rings is 2. The minimum absolute atomic E-state index is 0.00327. The van der Waals surface area contributed by atoms with Crippen LogP contribution in [0.1, 0.15) is 22.3 Å². The van der Waals surface area contributed by atoms with Crippen LogP contribution in [0.3, 0.4) is 0 Å². The summed E-state index contributed by atoms with van der Waals surface area (Å²) in [6.07, 6.45) is 0. The predicted octanol–water partition coefficient (Wildman–Crippen LogP) is 4.28. The lowest BCUT2D eigenvalue weighted by Crippen LogP contribution is -2.02. The van der Waals surface area contributed by atoms with Gasteiger partial charge in [0, 0.05) is 10.0 Å². The Morgan fingerprint density at radius 2 is 1.80 bits per heavy atom. The molecule has 0 amide bonds. The molecule has 0 atom stereocenters. The zero-order valence-corrected chi connectivity index (χ0v) is 13.0. The van der Waals surface area contributed by atoms with Gasteiger partial charge in [-0.3, -0.25) is 0 Å². The lowest BCUT2D eigenvalue weighted by molar-refractivity contribution is 0.279. The van der Waals surface area contributed by atoms with E-state index in [-0.39, 0.29) is 19.0 Å². The van der Waals surface area contributed by atoms with E-state index < -0.39 is 0 Å². The highest BCUT2D eigenvalue weighted by molar-refractivity contribution is 9.10. The van der Waals surface area contributed by atoms with Crippen molar-refractivity contribution in [2.75, 3.05) is 0 Å². The first-order valence-electron chi connectivity index (χ1n) is 6.29. The van der Waals surface area contributed by atoms with Gasteiger partial charge < -0.3 is 9.84 Å². The van der Waals surface area contributed by atoms with Crippen LogP contribution in [0.25, 0.3) is 0 Å². The maximum absolute atomic E-state index is 13.7. The van der Waals surface area contributed by atoms with Gasteiger partial charge in [0.2, 0.25) is 0 Å². The SMILES string of the molecule is Cc1cc(CO)cc(C)c1OCc1ccc(Br)cc1F. The van der Waals surface area contributed by atoms with E-state index in [0.717, 1.165) is 22.4 Å². The molecule has 0 radical (unpaired) electrons. The van der Waals surface area contributed by atoms with Crippen LogP contribution in [0.5, 0.6) is 5.75 Å². The Bertz CT molecular complexity index is 603. The molecule has 0 unspecified atom stereocenters. The highest BCUT2D eigenvalue weighted by Crippen LogP contribution is 2.26. The fourth-order valence-electron chi connectivity index (χ4n) is 2.15. The van der Waals surface area contributed by atoms with Crippen LogP contribution in [0.2, 0.25) is 0 Å². The zero-order valence-electron chi connectivity index (χ0n) is 11.4. The van der Waals surface area contributed by atoms with Crippen molar-refractivity contribution in [3.8, 4) is 5.75 Å². The van der Waals surface area contributed by atoms with Crippen molar-refractivity contribution in [2.24, 2.45) is 0 Å². The van der Waals surface area contributed by atoms with E-state index in [2.05, 4.69) is 15.9 Å². The molecular formula is C16H16BrFO2. The average molecular weight is 339 g/mol. The van der Waals surface area contributed by atoms with Crippen LogP contribution in [-0.2, 0) is 13.2 Å². The van der Waals surface area contributed by atoms with E-state index in [9.17, 15) is 4.39 Å². The van der Waals surface area contributed by atoms with Crippen molar-refractivity contribution in [1.29, 1.82) is 0 Å². The topological polar surface area (TPSA) is 29.5 Å². The minimum Gasteiger partial charge on any atom is -0.488 e. The van der Waals surface area contributed by atoms with Crippen molar-refractivity contribution < 1.29 is 14.2 Å². The van der Waals surface area contributed by atoms with Gasteiger partial charge in [-0.15, -0.1) is 0 Å². The Hall–Kier alpha value is -1.39. The molecule has 2 aromatic rings. The molecule has 4 heteroatoms. The molecule has 0 bridgehead atoms. The first kappa shape index (κ1) is 15.0. The van der Waals surface area contributed by atoms with Gasteiger partial charge in [0.1, 0.15) is 18.2 Å². The zero-order chi connectivity index (χ0) is 14.7. The van der Waals surface area contributed by atoms with E-state index in [0.29, 0.717) is 10.0 Å². The Morgan fingerprint density at radius 1 is 1.15 bits per heavy atom. The number of aryl methyl sites for hydroxylation is 2. The van der Waals surface area contributed by atoms with Crippen LogP contribution < -0.4 is 4.74 Å². The standard InChI is InChI=1S/C16H16BrFO2/c1-10-5-12(8-19)6-11(2)16(10)20-9-13-3-4-14(17)7-15(13)18/h3-7,19H,8-9H2,1-2H3. The number of rotatable bonds is 4. The molecule has 0 saturated heterocycles. The van der Waals surface area contributed by atoms with Crippen molar-refractivity contribution in [1.82, 2.24) is 0 Å². The molecule has 0 fully saturated rings. The van der Waals surface area contributed by atoms with Crippen LogP contribution in [0, 0.1) is 19.7 Å². The Labute approximate surface area is 126 Å². The average Bonchev–Trinajstić information content (AvgIpc) is 2.39. The van der Waals surface area contributed by atoms with Crippen molar-refractivity contribution in [3.05, 3.63) is 62.9 Å². The molecule has 1 N–H and O–H groups in total. The normalized spacial score (nSPS) is 10.7. The first-order chi connectivity index (χ1) is 9.51. The molecule has 2 nitrogen and oxygen atoms in total. The second kappa shape index (κ2) is 6.37. The molecule has 2 aromatic carbocycles. The Balaban J connectivity index is 2.19. The summed E-state index contributed by atoms with van der Waals surface area (Å²) in [7, 11) is 0. The number of hydrogen-bond acceptors (Lipinski definition) is 2. The summed E-state index contributed by atoms with van der Waals surface area (Å²) >= 11 is 3.23. The molecule has 20 heavy (non-hydrogen) atoms. The molecule has 0 aliphatic heterocycles. The summed E-state index contributed by atoms with van der Waals surface area (Å²) in [5.74, 6) is 0.450. The summed E-state index contributed by atoms with van der Waals surface area (Å²) in [6.45, 7) is 4.02. The van der Waals surface area contributed by atoms with Gasteiger partial charge in [-0.05, 0) is 42.7 Å². The van der Waals surface area contributed by atoms with Crippen molar-refractivity contribution >= 4 is 15.9 Å². The summed E-state index contributed by atoms with van der Waals surface area (Å²) in [5.41, 5.74) is 3.23. The third-order valence-electron chi connectivity index (χ3n) is 3.09. The predicted molar refractivity (Wildman–Crippen MR) is 80.3 cm³/mol. The molecule has 0 spiro atoms. The number of hydrogen-bond donors (Lipinski definition) is 1. The van der Waals surface area contributed by atoms with Gasteiger partial charge >= 0.3 is 0 Å². The van der Waals surface area contributed by atoms with Crippen molar-refractivity contribution in [3.63, 3.8) is 0 Å². The van der Waals surface area contributed by atoms with Gasteiger partial charge in [-0.2, -0.15) is 0 Å². The summed E-state index contributed by atoms with van der Waals surface area (Å²) in [4.78, 5) is 0. The van der Waals surface area contributed by atoms with Crippen LogP contribution in [0.4, 0.5) is 4.39 Å². The van der Waals surface area contributed by atoms with Crippen LogP contribution in [-0.4, -0.2) is 5.11 Å². The monoisotopic (exact) mass is 338 g/mol. The lowest BCUT2D eigenvalue weighted by Gasteiger charge is -2.14. The molecule has 0 aromatic heterocycles. The van der Waals surface area contributed by atoms with E-state index in [4.69, 9.17) is 9.84 Å². The second-order valence-corrected chi connectivity index (χ2v) is 5.66. The molecule has 0 heterocycles. The number of halogens is 2. The van der Waals surface area contributed by atoms with Gasteiger partial charge in [0.05, 0.1) is 6.61 Å². The molecule has 0 aliphatic rings. The maximum Gasteiger partial charge on any atom is 0.130 e. The van der Waals surface area contributed by atoms with Crippen LogP contribution in [0.15, 0.2) is 34.8 Å².